The van der Waals surface area contributed by atoms with Crippen LogP contribution in [0, 0.1) is 17.8 Å². The van der Waals surface area contributed by atoms with Gasteiger partial charge in [0.2, 0.25) is 5.91 Å². The van der Waals surface area contributed by atoms with E-state index in [0.717, 1.165) is 18.8 Å². The van der Waals surface area contributed by atoms with Crippen molar-refractivity contribution in [1.29, 1.82) is 0 Å². The van der Waals surface area contributed by atoms with Crippen LogP contribution in [0.1, 0.15) is 71.6 Å². The van der Waals surface area contributed by atoms with Gasteiger partial charge in [-0.15, -0.1) is 0 Å². The SMILES string of the molecule is CCCCC1CCC(C(=O)NC2CCC2C)CC1. The zero-order chi connectivity index (χ0) is 13.0. The van der Waals surface area contributed by atoms with Gasteiger partial charge in [-0.3, -0.25) is 4.79 Å². The topological polar surface area (TPSA) is 29.1 Å². The minimum Gasteiger partial charge on any atom is -0.353 e. The van der Waals surface area contributed by atoms with Gasteiger partial charge in [-0.05, 0) is 50.4 Å². The van der Waals surface area contributed by atoms with Crippen LogP contribution in [0.2, 0.25) is 0 Å². The molecule has 0 aromatic carbocycles. The molecular weight excluding hydrogens is 222 g/mol. The second-order valence-electron chi connectivity index (χ2n) is 6.53. The Balaban J connectivity index is 1.67. The number of carbonyl (C=O) groups is 1. The average molecular weight is 251 g/mol. The Bertz CT molecular complexity index is 268. The van der Waals surface area contributed by atoms with Crippen molar-refractivity contribution < 1.29 is 4.79 Å². The van der Waals surface area contributed by atoms with Gasteiger partial charge in [-0.1, -0.05) is 33.1 Å². The molecule has 0 radical (unpaired) electrons. The quantitative estimate of drug-likeness (QED) is 0.789. The molecule has 0 saturated heterocycles. The summed E-state index contributed by atoms with van der Waals surface area (Å²) in [7, 11) is 0. The van der Waals surface area contributed by atoms with E-state index < -0.39 is 0 Å². The third-order valence-corrected chi connectivity index (χ3v) is 5.13. The molecule has 2 fully saturated rings. The lowest BCUT2D eigenvalue weighted by atomic mass is 9.78. The molecule has 2 heteroatoms. The highest BCUT2D eigenvalue weighted by Crippen LogP contribution is 2.33. The van der Waals surface area contributed by atoms with Crippen LogP contribution in [0.5, 0.6) is 0 Å². The number of nitrogens with one attached hydrogen (secondary N) is 1. The summed E-state index contributed by atoms with van der Waals surface area (Å²) in [6.07, 6.45) is 11.3. The van der Waals surface area contributed by atoms with Crippen LogP contribution in [-0.2, 0) is 4.79 Å². The first-order valence-corrected chi connectivity index (χ1v) is 8.01. The van der Waals surface area contributed by atoms with Crippen LogP contribution in [0.4, 0.5) is 0 Å². The first kappa shape index (κ1) is 13.9. The van der Waals surface area contributed by atoms with Crippen LogP contribution in [0.15, 0.2) is 0 Å². The zero-order valence-corrected chi connectivity index (χ0v) is 12.1. The fraction of sp³-hybridized carbons (Fsp3) is 0.938. The maximum Gasteiger partial charge on any atom is 0.223 e. The summed E-state index contributed by atoms with van der Waals surface area (Å²) in [5, 5.41) is 3.25. The molecule has 1 N–H and O–H groups in total. The minimum absolute atomic E-state index is 0.315. The highest BCUT2D eigenvalue weighted by molar-refractivity contribution is 5.79. The highest BCUT2D eigenvalue weighted by Gasteiger charge is 2.32. The summed E-state index contributed by atoms with van der Waals surface area (Å²) >= 11 is 0. The van der Waals surface area contributed by atoms with Gasteiger partial charge in [-0.2, -0.15) is 0 Å². The molecule has 1 amide bonds. The maximum absolute atomic E-state index is 12.2. The molecule has 18 heavy (non-hydrogen) atoms. The molecule has 0 aliphatic heterocycles. The van der Waals surface area contributed by atoms with Gasteiger partial charge in [0.15, 0.2) is 0 Å². The monoisotopic (exact) mass is 251 g/mol. The Morgan fingerprint density at radius 2 is 1.83 bits per heavy atom. The van der Waals surface area contributed by atoms with E-state index in [1.54, 1.807) is 0 Å². The Labute approximate surface area is 112 Å². The van der Waals surface area contributed by atoms with Crippen LogP contribution in [-0.4, -0.2) is 11.9 Å². The molecule has 2 aliphatic rings. The maximum atomic E-state index is 12.2. The molecule has 2 nitrogen and oxygen atoms in total. The zero-order valence-electron chi connectivity index (χ0n) is 12.1. The predicted octanol–water partition coefficient (Wildman–Crippen LogP) is 3.90. The van der Waals surface area contributed by atoms with Crippen LogP contribution in [0.25, 0.3) is 0 Å². The van der Waals surface area contributed by atoms with E-state index in [4.69, 9.17) is 0 Å². The molecule has 0 aromatic heterocycles. The van der Waals surface area contributed by atoms with Crippen molar-refractivity contribution in [3.63, 3.8) is 0 Å². The Morgan fingerprint density at radius 3 is 2.33 bits per heavy atom. The summed E-state index contributed by atoms with van der Waals surface area (Å²) in [5.41, 5.74) is 0. The molecule has 0 bridgehead atoms. The number of unbranched alkanes of at least 4 members (excludes halogenated alkanes) is 1. The Kier molecular flexibility index (Phi) is 5.08. The van der Waals surface area contributed by atoms with Crippen LogP contribution < -0.4 is 5.32 Å². The Hall–Kier alpha value is -0.530. The lowest BCUT2D eigenvalue weighted by Gasteiger charge is -2.36. The predicted molar refractivity (Wildman–Crippen MR) is 75.3 cm³/mol. The van der Waals surface area contributed by atoms with E-state index in [1.807, 2.05) is 0 Å². The smallest absolute Gasteiger partial charge is 0.223 e. The number of hydrogen-bond donors (Lipinski definition) is 1. The molecule has 2 aliphatic carbocycles. The molecular formula is C16H29NO. The van der Waals surface area contributed by atoms with Crippen molar-refractivity contribution in [3.05, 3.63) is 0 Å². The van der Waals surface area contributed by atoms with Crippen LogP contribution >= 0.6 is 0 Å². The molecule has 0 heterocycles. The summed E-state index contributed by atoms with van der Waals surface area (Å²) < 4.78 is 0. The molecule has 2 unspecified atom stereocenters. The van der Waals surface area contributed by atoms with E-state index in [0.29, 0.717) is 23.8 Å². The Morgan fingerprint density at radius 1 is 1.11 bits per heavy atom. The van der Waals surface area contributed by atoms with Crippen molar-refractivity contribution in [1.82, 2.24) is 5.32 Å². The second-order valence-corrected chi connectivity index (χ2v) is 6.53. The second kappa shape index (κ2) is 6.58. The van der Waals surface area contributed by atoms with E-state index in [-0.39, 0.29) is 0 Å². The summed E-state index contributed by atoms with van der Waals surface area (Å²) in [5.74, 6) is 2.27. The average Bonchev–Trinajstić information content (AvgIpc) is 2.41. The molecule has 0 spiro atoms. The van der Waals surface area contributed by atoms with E-state index in [1.165, 1.54) is 44.9 Å². The van der Waals surface area contributed by atoms with E-state index in [9.17, 15) is 4.79 Å². The van der Waals surface area contributed by atoms with Crippen LogP contribution in [0.3, 0.4) is 0 Å². The lowest BCUT2D eigenvalue weighted by Crippen LogP contribution is -2.48. The van der Waals surface area contributed by atoms with Crippen molar-refractivity contribution >= 4 is 5.91 Å². The molecule has 2 rings (SSSR count). The van der Waals surface area contributed by atoms with E-state index >= 15 is 0 Å². The van der Waals surface area contributed by atoms with Gasteiger partial charge in [0.1, 0.15) is 0 Å². The number of rotatable bonds is 5. The molecule has 2 saturated carbocycles. The first-order valence-electron chi connectivity index (χ1n) is 8.01. The molecule has 0 aromatic rings. The van der Waals surface area contributed by atoms with Gasteiger partial charge in [0.05, 0.1) is 0 Å². The fourth-order valence-electron chi connectivity index (χ4n) is 3.39. The first-order chi connectivity index (χ1) is 8.70. The van der Waals surface area contributed by atoms with Gasteiger partial charge in [-0.25, -0.2) is 0 Å². The number of hydrogen-bond acceptors (Lipinski definition) is 1. The number of amides is 1. The van der Waals surface area contributed by atoms with E-state index in [2.05, 4.69) is 19.2 Å². The number of carbonyl (C=O) groups excluding carboxylic acids is 1. The van der Waals surface area contributed by atoms with Gasteiger partial charge >= 0.3 is 0 Å². The fourth-order valence-corrected chi connectivity index (χ4v) is 3.39. The molecule has 104 valence electrons. The largest absolute Gasteiger partial charge is 0.353 e. The van der Waals surface area contributed by atoms with Gasteiger partial charge < -0.3 is 5.32 Å². The minimum atomic E-state index is 0.315. The third kappa shape index (κ3) is 3.49. The van der Waals surface area contributed by atoms with Gasteiger partial charge in [0.25, 0.3) is 0 Å². The van der Waals surface area contributed by atoms with Crippen molar-refractivity contribution in [2.75, 3.05) is 0 Å². The normalized spacial score (nSPS) is 35.9. The van der Waals surface area contributed by atoms with Gasteiger partial charge in [0, 0.05) is 12.0 Å². The molecule has 2 atom stereocenters. The third-order valence-electron chi connectivity index (χ3n) is 5.13. The summed E-state index contributed by atoms with van der Waals surface area (Å²) in [4.78, 5) is 12.2. The standard InChI is InChI=1S/C16H29NO/c1-3-4-5-13-7-9-14(10-8-13)16(18)17-15-11-6-12(15)2/h12-15H,3-11H2,1-2H3,(H,17,18). The van der Waals surface area contributed by atoms with Crippen molar-refractivity contribution in [2.45, 2.75) is 77.7 Å². The summed E-state index contributed by atoms with van der Waals surface area (Å²) in [6, 6.07) is 0.482. The highest BCUT2D eigenvalue weighted by atomic mass is 16.1. The van der Waals surface area contributed by atoms with Crippen molar-refractivity contribution in [3.8, 4) is 0 Å². The lowest BCUT2D eigenvalue weighted by molar-refractivity contribution is -0.128. The summed E-state index contributed by atoms with van der Waals surface area (Å²) in [6.45, 7) is 4.51. The van der Waals surface area contributed by atoms with Crippen molar-refractivity contribution in [2.24, 2.45) is 17.8 Å².